The molecule has 2 aromatic rings. The van der Waals surface area contributed by atoms with E-state index in [0.717, 1.165) is 0 Å². The Balaban J connectivity index is 1.47. The minimum atomic E-state index is -0.465. The van der Waals surface area contributed by atoms with E-state index in [1.54, 1.807) is 55.5 Å². The first kappa shape index (κ1) is 18.9. The van der Waals surface area contributed by atoms with Gasteiger partial charge in [0.25, 0.3) is 0 Å². The SMILES string of the molecule is COc1cc(NC(=O)[C@H]2CC(=O)N(c3ccc4c(c3)OCCO4)C2)cc(OC)c1. The fourth-order valence-electron chi connectivity index (χ4n) is 3.46. The minimum Gasteiger partial charge on any atom is -0.497 e. The number of ether oxygens (including phenoxy) is 4. The van der Waals surface area contributed by atoms with Crippen LogP contribution in [0.2, 0.25) is 0 Å². The molecule has 4 rings (SSSR count). The van der Waals surface area contributed by atoms with Gasteiger partial charge in [0.15, 0.2) is 11.5 Å². The summed E-state index contributed by atoms with van der Waals surface area (Å²) in [6.07, 6.45) is 0.140. The van der Waals surface area contributed by atoms with E-state index in [1.807, 2.05) is 0 Å². The summed E-state index contributed by atoms with van der Waals surface area (Å²) in [5, 5.41) is 2.85. The molecule has 1 fully saturated rings. The number of amides is 2. The van der Waals surface area contributed by atoms with Gasteiger partial charge < -0.3 is 29.2 Å². The van der Waals surface area contributed by atoms with Gasteiger partial charge in [-0.25, -0.2) is 0 Å². The monoisotopic (exact) mass is 398 g/mol. The van der Waals surface area contributed by atoms with Crippen LogP contribution in [-0.2, 0) is 9.59 Å². The molecule has 2 aliphatic heterocycles. The average molecular weight is 398 g/mol. The molecule has 0 unspecified atom stereocenters. The van der Waals surface area contributed by atoms with Crippen molar-refractivity contribution in [2.45, 2.75) is 6.42 Å². The van der Waals surface area contributed by atoms with Gasteiger partial charge >= 0.3 is 0 Å². The van der Waals surface area contributed by atoms with Crippen molar-refractivity contribution in [3.8, 4) is 23.0 Å². The Morgan fingerprint density at radius 1 is 1.03 bits per heavy atom. The van der Waals surface area contributed by atoms with E-state index in [1.165, 1.54) is 0 Å². The molecular weight excluding hydrogens is 376 g/mol. The third-order valence-corrected chi connectivity index (χ3v) is 4.95. The van der Waals surface area contributed by atoms with E-state index in [9.17, 15) is 9.59 Å². The number of anilines is 2. The van der Waals surface area contributed by atoms with Crippen molar-refractivity contribution in [3.63, 3.8) is 0 Å². The summed E-state index contributed by atoms with van der Waals surface area (Å²) >= 11 is 0. The van der Waals surface area contributed by atoms with Crippen LogP contribution < -0.4 is 29.2 Å². The first-order chi connectivity index (χ1) is 14.1. The van der Waals surface area contributed by atoms with Crippen LogP contribution in [0, 0.1) is 5.92 Å². The Kier molecular flexibility index (Phi) is 5.16. The highest BCUT2D eigenvalue weighted by molar-refractivity contribution is 6.03. The van der Waals surface area contributed by atoms with Crippen LogP contribution >= 0.6 is 0 Å². The summed E-state index contributed by atoms with van der Waals surface area (Å²) in [6, 6.07) is 10.5. The van der Waals surface area contributed by atoms with Gasteiger partial charge in [-0.15, -0.1) is 0 Å². The second-order valence-electron chi connectivity index (χ2n) is 6.82. The van der Waals surface area contributed by atoms with Gasteiger partial charge in [-0.05, 0) is 12.1 Å². The second kappa shape index (κ2) is 7.90. The lowest BCUT2D eigenvalue weighted by Gasteiger charge is -2.22. The van der Waals surface area contributed by atoms with Crippen molar-refractivity contribution in [1.29, 1.82) is 0 Å². The number of carbonyl (C=O) groups is 2. The number of nitrogens with zero attached hydrogens (tertiary/aromatic N) is 1. The number of hydrogen-bond acceptors (Lipinski definition) is 6. The molecule has 152 valence electrons. The minimum absolute atomic E-state index is 0.106. The van der Waals surface area contributed by atoms with E-state index >= 15 is 0 Å². The van der Waals surface area contributed by atoms with Crippen LogP contribution in [0.4, 0.5) is 11.4 Å². The van der Waals surface area contributed by atoms with Gasteiger partial charge in [-0.3, -0.25) is 9.59 Å². The zero-order valence-electron chi connectivity index (χ0n) is 16.3. The highest BCUT2D eigenvalue weighted by Crippen LogP contribution is 2.36. The maximum absolute atomic E-state index is 12.8. The van der Waals surface area contributed by atoms with Gasteiger partial charge in [0.1, 0.15) is 24.7 Å². The number of hydrogen-bond donors (Lipinski definition) is 1. The van der Waals surface area contributed by atoms with Gasteiger partial charge in [0, 0.05) is 48.6 Å². The Hall–Kier alpha value is -3.42. The summed E-state index contributed by atoms with van der Waals surface area (Å²) in [5.74, 6) is 1.61. The molecule has 8 nitrogen and oxygen atoms in total. The van der Waals surface area contributed by atoms with Crippen molar-refractivity contribution >= 4 is 23.2 Å². The van der Waals surface area contributed by atoms with Crippen LogP contribution in [0.25, 0.3) is 0 Å². The number of fused-ring (bicyclic) bond motifs is 1. The van der Waals surface area contributed by atoms with Gasteiger partial charge in [-0.2, -0.15) is 0 Å². The summed E-state index contributed by atoms with van der Waals surface area (Å²) < 4.78 is 21.6. The highest BCUT2D eigenvalue weighted by Gasteiger charge is 2.35. The zero-order valence-corrected chi connectivity index (χ0v) is 16.3. The lowest BCUT2D eigenvalue weighted by molar-refractivity contribution is -0.122. The molecule has 2 heterocycles. The number of methoxy groups -OCH3 is 2. The lowest BCUT2D eigenvalue weighted by atomic mass is 10.1. The molecule has 2 aromatic carbocycles. The maximum atomic E-state index is 12.8. The van der Waals surface area contributed by atoms with E-state index in [4.69, 9.17) is 18.9 Å². The lowest BCUT2D eigenvalue weighted by Crippen LogP contribution is -2.28. The van der Waals surface area contributed by atoms with Crippen molar-refractivity contribution in [3.05, 3.63) is 36.4 Å². The first-order valence-corrected chi connectivity index (χ1v) is 9.31. The van der Waals surface area contributed by atoms with Crippen molar-refractivity contribution in [2.75, 3.05) is 44.2 Å². The molecule has 0 saturated carbocycles. The summed E-state index contributed by atoms with van der Waals surface area (Å²) in [4.78, 5) is 26.9. The van der Waals surface area contributed by atoms with Gasteiger partial charge in [-0.1, -0.05) is 0 Å². The molecule has 1 N–H and O–H groups in total. The van der Waals surface area contributed by atoms with E-state index in [2.05, 4.69) is 5.32 Å². The first-order valence-electron chi connectivity index (χ1n) is 9.31. The molecule has 0 aromatic heterocycles. The van der Waals surface area contributed by atoms with Crippen molar-refractivity contribution in [2.24, 2.45) is 5.92 Å². The molecule has 1 saturated heterocycles. The summed E-state index contributed by atoms with van der Waals surface area (Å²) in [6.45, 7) is 1.27. The third kappa shape index (κ3) is 3.91. The van der Waals surface area contributed by atoms with Crippen LogP contribution in [0.1, 0.15) is 6.42 Å². The smallest absolute Gasteiger partial charge is 0.229 e. The molecule has 1 atom stereocenters. The van der Waals surface area contributed by atoms with E-state index in [-0.39, 0.29) is 18.2 Å². The largest absolute Gasteiger partial charge is 0.497 e. The van der Waals surface area contributed by atoms with Crippen molar-refractivity contribution in [1.82, 2.24) is 0 Å². The highest BCUT2D eigenvalue weighted by atomic mass is 16.6. The fraction of sp³-hybridized carbons (Fsp3) is 0.333. The van der Waals surface area contributed by atoms with E-state index in [0.29, 0.717) is 54.1 Å². The molecule has 8 heteroatoms. The Morgan fingerprint density at radius 3 is 2.41 bits per heavy atom. The maximum Gasteiger partial charge on any atom is 0.229 e. The predicted octanol–water partition coefficient (Wildman–Crippen LogP) is 2.47. The Bertz CT molecular complexity index is 923. The third-order valence-electron chi connectivity index (χ3n) is 4.95. The molecular formula is C21H22N2O6. The molecule has 0 spiro atoms. The fourth-order valence-corrected chi connectivity index (χ4v) is 3.46. The number of rotatable bonds is 5. The Labute approximate surface area is 168 Å². The second-order valence-corrected chi connectivity index (χ2v) is 6.82. The van der Waals surface area contributed by atoms with Crippen LogP contribution in [-0.4, -0.2) is 45.8 Å². The molecule has 2 amide bonds. The quantitative estimate of drug-likeness (QED) is 0.833. The van der Waals surface area contributed by atoms with E-state index < -0.39 is 5.92 Å². The zero-order chi connectivity index (χ0) is 20.4. The topological polar surface area (TPSA) is 86.3 Å². The van der Waals surface area contributed by atoms with Gasteiger partial charge in [0.05, 0.1) is 20.1 Å². The van der Waals surface area contributed by atoms with Crippen LogP contribution in [0.3, 0.4) is 0 Å². The molecule has 29 heavy (non-hydrogen) atoms. The van der Waals surface area contributed by atoms with Crippen LogP contribution in [0.5, 0.6) is 23.0 Å². The summed E-state index contributed by atoms with van der Waals surface area (Å²) in [7, 11) is 3.09. The molecule has 2 aliphatic rings. The average Bonchev–Trinajstić information content (AvgIpc) is 3.14. The molecule has 0 aliphatic carbocycles. The standard InChI is InChI=1S/C21H22N2O6/c1-26-16-8-14(9-17(11-16)27-2)22-21(25)13-7-20(24)23(12-13)15-3-4-18-19(10-15)29-6-5-28-18/h3-4,8-11,13H,5-7,12H2,1-2H3,(H,22,25)/t13-/m0/s1. The Morgan fingerprint density at radius 2 is 1.72 bits per heavy atom. The number of carbonyl (C=O) groups excluding carboxylic acids is 2. The van der Waals surface area contributed by atoms with Crippen LogP contribution in [0.15, 0.2) is 36.4 Å². The molecule has 0 radical (unpaired) electrons. The number of benzene rings is 2. The normalized spacial score (nSPS) is 17.8. The summed E-state index contributed by atoms with van der Waals surface area (Å²) in [5.41, 5.74) is 1.24. The predicted molar refractivity (Wildman–Crippen MR) is 106 cm³/mol. The van der Waals surface area contributed by atoms with Gasteiger partial charge in [0.2, 0.25) is 11.8 Å². The number of nitrogens with one attached hydrogen (secondary N) is 1. The van der Waals surface area contributed by atoms with Crippen molar-refractivity contribution < 1.29 is 28.5 Å². The molecule has 0 bridgehead atoms.